The van der Waals surface area contributed by atoms with Gasteiger partial charge in [0.1, 0.15) is 0 Å². The Morgan fingerprint density at radius 3 is 1.87 bits per heavy atom. The second-order valence-corrected chi connectivity index (χ2v) is 6.17. The summed E-state index contributed by atoms with van der Waals surface area (Å²) >= 11 is 1.60. The van der Waals surface area contributed by atoms with Gasteiger partial charge in [-0.3, -0.25) is 0 Å². The molecule has 118 valence electrons. The van der Waals surface area contributed by atoms with Crippen LogP contribution in [0.1, 0.15) is 22.0 Å². The Labute approximate surface area is 136 Å². The van der Waals surface area contributed by atoms with Gasteiger partial charge in [0.05, 0.1) is 11.6 Å². The van der Waals surface area contributed by atoms with E-state index in [9.17, 15) is 13.2 Å². The molecule has 0 amide bonds. The molecule has 23 heavy (non-hydrogen) atoms. The molecule has 5 heteroatoms. The van der Waals surface area contributed by atoms with Crippen LogP contribution in [0.2, 0.25) is 0 Å². The second kappa shape index (κ2) is 6.18. The predicted octanol–water partition coefficient (Wildman–Crippen LogP) is 5.48. The molecule has 0 radical (unpaired) electrons. The van der Waals surface area contributed by atoms with E-state index in [-0.39, 0.29) is 6.04 Å². The SMILES string of the molecule is N[C@H](c1ccc(-c2ccc(C(F)(F)F)cc2)cc1)c1cccs1. The van der Waals surface area contributed by atoms with Crippen molar-refractivity contribution in [2.45, 2.75) is 12.2 Å². The van der Waals surface area contributed by atoms with E-state index >= 15 is 0 Å². The molecule has 0 bridgehead atoms. The summed E-state index contributed by atoms with van der Waals surface area (Å²) in [4.78, 5) is 1.08. The smallest absolute Gasteiger partial charge is 0.320 e. The highest BCUT2D eigenvalue weighted by Crippen LogP contribution is 2.31. The summed E-state index contributed by atoms with van der Waals surface area (Å²) < 4.78 is 37.8. The Hall–Kier alpha value is -2.11. The van der Waals surface area contributed by atoms with E-state index in [4.69, 9.17) is 5.73 Å². The lowest BCUT2D eigenvalue weighted by molar-refractivity contribution is -0.137. The summed E-state index contributed by atoms with van der Waals surface area (Å²) in [5, 5.41) is 1.98. The van der Waals surface area contributed by atoms with Crippen molar-refractivity contribution in [2.75, 3.05) is 0 Å². The summed E-state index contributed by atoms with van der Waals surface area (Å²) in [6, 6.07) is 16.5. The van der Waals surface area contributed by atoms with E-state index in [2.05, 4.69) is 0 Å². The first kappa shape index (κ1) is 15.8. The van der Waals surface area contributed by atoms with Gasteiger partial charge in [0.15, 0.2) is 0 Å². The first-order chi connectivity index (χ1) is 10.9. The van der Waals surface area contributed by atoms with Gasteiger partial charge >= 0.3 is 6.18 Å². The van der Waals surface area contributed by atoms with Crippen molar-refractivity contribution in [3.05, 3.63) is 82.0 Å². The quantitative estimate of drug-likeness (QED) is 0.674. The molecule has 1 atom stereocenters. The summed E-state index contributed by atoms with van der Waals surface area (Å²) in [6.07, 6.45) is -4.31. The molecular weight excluding hydrogens is 319 g/mol. The lowest BCUT2D eigenvalue weighted by atomic mass is 9.99. The van der Waals surface area contributed by atoms with Crippen LogP contribution < -0.4 is 5.73 Å². The molecule has 0 aliphatic carbocycles. The number of alkyl halides is 3. The number of thiophene rings is 1. The van der Waals surface area contributed by atoms with Crippen LogP contribution in [0.4, 0.5) is 13.2 Å². The van der Waals surface area contributed by atoms with Gasteiger partial charge in [0.2, 0.25) is 0 Å². The fraction of sp³-hybridized carbons (Fsp3) is 0.111. The standard InChI is InChI=1S/C18H14F3NS/c19-18(20,21)15-9-7-13(8-10-15)12-3-5-14(6-4-12)17(22)16-2-1-11-23-16/h1-11,17H,22H2/t17-/m1/s1. The van der Waals surface area contributed by atoms with Crippen LogP contribution in [0.15, 0.2) is 66.0 Å². The van der Waals surface area contributed by atoms with Gasteiger partial charge in [-0.05, 0) is 40.3 Å². The van der Waals surface area contributed by atoms with Gasteiger partial charge in [-0.2, -0.15) is 13.2 Å². The average molecular weight is 333 g/mol. The molecule has 1 heterocycles. The van der Waals surface area contributed by atoms with E-state index in [0.717, 1.165) is 33.7 Å². The van der Waals surface area contributed by atoms with Crippen LogP contribution in [0.25, 0.3) is 11.1 Å². The van der Waals surface area contributed by atoms with Crippen LogP contribution >= 0.6 is 11.3 Å². The average Bonchev–Trinajstić information content (AvgIpc) is 3.08. The van der Waals surface area contributed by atoms with Gasteiger partial charge in [0, 0.05) is 4.88 Å². The van der Waals surface area contributed by atoms with Crippen molar-refractivity contribution >= 4 is 11.3 Å². The maximum atomic E-state index is 12.6. The Balaban J connectivity index is 1.82. The fourth-order valence-corrected chi connectivity index (χ4v) is 3.12. The zero-order chi connectivity index (χ0) is 16.4. The molecule has 0 fully saturated rings. The highest BCUT2D eigenvalue weighted by Gasteiger charge is 2.29. The van der Waals surface area contributed by atoms with Gasteiger partial charge in [-0.25, -0.2) is 0 Å². The molecule has 0 saturated heterocycles. The third-order valence-electron chi connectivity index (χ3n) is 3.67. The maximum absolute atomic E-state index is 12.6. The Kier molecular flexibility index (Phi) is 4.24. The predicted molar refractivity (Wildman–Crippen MR) is 87.2 cm³/mol. The van der Waals surface area contributed by atoms with E-state index in [1.165, 1.54) is 12.1 Å². The number of nitrogens with two attached hydrogens (primary N) is 1. The molecule has 0 spiro atoms. The topological polar surface area (TPSA) is 26.0 Å². The molecule has 1 aromatic heterocycles. The number of halogens is 3. The van der Waals surface area contributed by atoms with Gasteiger partial charge in [-0.1, -0.05) is 42.5 Å². The number of hydrogen-bond donors (Lipinski definition) is 1. The molecule has 3 aromatic rings. The molecular formula is C18H14F3NS. The van der Waals surface area contributed by atoms with Crippen molar-refractivity contribution in [1.82, 2.24) is 0 Å². The molecule has 0 unspecified atom stereocenters. The summed E-state index contributed by atoms with van der Waals surface area (Å²) in [7, 11) is 0. The minimum Gasteiger partial charge on any atom is -0.320 e. The van der Waals surface area contributed by atoms with Crippen molar-refractivity contribution in [3.8, 4) is 11.1 Å². The van der Waals surface area contributed by atoms with Crippen molar-refractivity contribution in [3.63, 3.8) is 0 Å². The first-order valence-corrected chi connectivity index (χ1v) is 7.90. The van der Waals surface area contributed by atoms with Crippen molar-refractivity contribution < 1.29 is 13.2 Å². The summed E-state index contributed by atoms with van der Waals surface area (Å²) in [6.45, 7) is 0. The molecule has 0 aliphatic heterocycles. The third kappa shape index (κ3) is 3.46. The van der Waals surface area contributed by atoms with E-state index in [1.807, 2.05) is 41.8 Å². The van der Waals surface area contributed by atoms with Crippen molar-refractivity contribution in [2.24, 2.45) is 5.73 Å². The molecule has 3 rings (SSSR count). The van der Waals surface area contributed by atoms with Crippen LogP contribution in [0.5, 0.6) is 0 Å². The highest BCUT2D eigenvalue weighted by atomic mass is 32.1. The molecule has 2 N–H and O–H groups in total. The van der Waals surface area contributed by atoms with E-state index in [0.29, 0.717) is 0 Å². The summed E-state index contributed by atoms with van der Waals surface area (Å²) in [5.41, 5.74) is 8.14. The molecule has 2 aromatic carbocycles. The van der Waals surface area contributed by atoms with Gasteiger partial charge < -0.3 is 5.73 Å². The normalized spacial score (nSPS) is 13.0. The molecule has 1 nitrogen and oxygen atoms in total. The van der Waals surface area contributed by atoms with E-state index in [1.54, 1.807) is 11.3 Å². The number of rotatable bonds is 3. The minimum absolute atomic E-state index is 0.184. The Morgan fingerprint density at radius 1 is 0.826 bits per heavy atom. The largest absolute Gasteiger partial charge is 0.416 e. The lowest BCUT2D eigenvalue weighted by Crippen LogP contribution is -2.09. The lowest BCUT2D eigenvalue weighted by Gasteiger charge is -2.11. The zero-order valence-electron chi connectivity index (χ0n) is 12.0. The second-order valence-electron chi connectivity index (χ2n) is 5.19. The maximum Gasteiger partial charge on any atom is 0.416 e. The third-order valence-corrected chi connectivity index (χ3v) is 4.62. The van der Waals surface area contributed by atoms with Crippen LogP contribution in [0, 0.1) is 0 Å². The first-order valence-electron chi connectivity index (χ1n) is 7.02. The number of hydrogen-bond acceptors (Lipinski definition) is 2. The Bertz CT molecular complexity index is 760. The Morgan fingerprint density at radius 2 is 1.39 bits per heavy atom. The van der Waals surface area contributed by atoms with Crippen LogP contribution in [-0.2, 0) is 6.18 Å². The molecule has 0 aliphatic rings. The highest BCUT2D eigenvalue weighted by molar-refractivity contribution is 7.10. The summed E-state index contributed by atoms with van der Waals surface area (Å²) in [5.74, 6) is 0. The fourth-order valence-electron chi connectivity index (χ4n) is 2.37. The van der Waals surface area contributed by atoms with Crippen molar-refractivity contribution in [1.29, 1.82) is 0 Å². The molecule has 0 saturated carbocycles. The number of benzene rings is 2. The van der Waals surface area contributed by atoms with Gasteiger partial charge in [0.25, 0.3) is 0 Å². The monoisotopic (exact) mass is 333 g/mol. The minimum atomic E-state index is -4.31. The van der Waals surface area contributed by atoms with Gasteiger partial charge in [-0.15, -0.1) is 11.3 Å². The zero-order valence-corrected chi connectivity index (χ0v) is 12.9. The van der Waals surface area contributed by atoms with Crippen LogP contribution in [0.3, 0.4) is 0 Å². The van der Waals surface area contributed by atoms with Crippen LogP contribution in [-0.4, -0.2) is 0 Å². The van der Waals surface area contributed by atoms with E-state index < -0.39 is 11.7 Å².